The van der Waals surface area contributed by atoms with Gasteiger partial charge in [-0.3, -0.25) is 4.79 Å². The summed E-state index contributed by atoms with van der Waals surface area (Å²) >= 11 is 0. The Hall–Kier alpha value is -1.85. The molecule has 0 fully saturated rings. The Labute approximate surface area is 182 Å². The highest BCUT2D eigenvalue weighted by molar-refractivity contribution is 5.82. The molecular formula is C24H41NO5-2. The number of carbonyl (C=O) groups is 3. The number of rotatable bonds is 21. The number of carbonyl (C=O) groups excluding carboxylic acids is 3. The van der Waals surface area contributed by atoms with E-state index in [0.29, 0.717) is 0 Å². The predicted molar refractivity (Wildman–Crippen MR) is 115 cm³/mol. The van der Waals surface area contributed by atoms with Gasteiger partial charge >= 0.3 is 0 Å². The second-order valence-electron chi connectivity index (χ2n) is 8.04. The van der Waals surface area contributed by atoms with Gasteiger partial charge in [-0.1, -0.05) is 70.4 Å². The second kappa shape index (κ2) is 20.4. The van der Waals surface area contributed by atoms with Crippen LogP contribution in [0.15, 0.2) is 12.2 Å². The lowest BCUT2D eigenvalue weighted by atomic mass is 10.1. The van der Waals surface area contributed by atoms with Gasteiger partial charge in [0, 0.05) is 12.4 Å². The summed E-state index contributed by atoms with van der Waals surface area (Å²) in [6, 6.07) is -1.14. The van der Waals surface area contributed by atoms with Crippen molar-refractivity contribution in [1.29, 1.82) is 0 Å². The van der Waals surface area contributed by atoms with E-state index in [4.69, 9.17) is 0 Å². The maximum atomic E-state index is 11.8. The molecule has 1 atom stereocenters. The molecule has 0 aromatic carbocycles. The maximum Gasteiger partial charge on any atom is 0.220 e. The first-order chi connectivity index (χ1) is 14.5. The Kier molecular flexibility index (Phi) is 19.2. The molecule has 0 heterocycles. The number of nitrogens with one attached hydrogen (secondary N) is 1. The summed E-state index contributed by atoms with van der Waals surface area (Å²) in [5.74, 6) is -2.94. The van der Waals surface area contributed by atoms with Crippen molar-refractivity contribution < 1.29 is 24.6 Å². The van der Waals surface area contributed by atoms with Crippen LogP contribution >= 0.6 is 0 Å². The van der Waals surface area contributed by atoms with Crippen molar-refractivity contribution in [3.05, 3.63) is 12.2 Å². The van der Waals surface area contributed by atoms with Crippen molar-refractivity contribution in [3.8, 4) is 0 Å². The maximum absolute atomic E-state index is 11.8. The summed E-state index contributed by atoms with van der Waals surface area (Å²) in [4.78, 5) is 33.3. The number of aliphatic carboxylic acids is 2. The van der Waals surface area contributed by atoms with Gasteiger partial charge < -0.3 is 25.1 Å². The van der Waals surface area contributed by atoms with E-state index in [2.05, 4.69) is 24.4 Å². The van der Waals surface area contributed by atoms with Gasteiger partial charge in [0.1, 0.15) is 0 Å². The molecule has 30 heavy (non-hydrogen) atoms. The molecule has 1 unspecified atom stereocenters. The highest BCUT2D eigenvalue weighted by atomic mass is 16.4. The van der Waals surface area contributed by atoms with Crippen molar-refractivity contribution in [3.63, 3.8) is 0 Å². The number of unbranched alkanes of at least 4 members (excludes halogenated alkanes) is 11. The lowest BCUT2D eigenvalue weighted by Gasteiger charge is -2.19. The van der Waals surface area contributed by atoms with E-state index in [0.717, 1.165) is 38.5 Å². The molecule has 0 saturated carbocycles. The highest BCUT2D eigenvalue weighted by Crippen LogP contribution is 2.10. The van der Waals surface area contributed by atoms with Gasteiger partial charge in [0.2, 0.25) is 5.91 Å². The topological polar surface area (TPSA) is 109 Å². The quantitative estimate of drug-likeness (QED) is 0.225. The molecule has 1 N–H and O–H groups in total. The van der Waals surface area contributed by atoms with E-state index < -0.39 is 18.0 Å². The van der Waals surface area contributed by atoms with Crippen LogP contribution in [-0.2, 0) is 14.4 Å². The number of hydrogen-bond donors (Lipinski definition) is 1. The lowest BCUT2D eigenvalue weighted by Crippen LogP contribution is -2.47. The smallest absolute Gasteiger partial charge is 0.220 e. The van der Waals surface area contributed by atoms with Crippen molar-refractivity contribution in [2.24, 2.45) is 0 Å². The Morgan fingerprint density at radius 1 is 0.733 bits per heavy atom. The zero-order valence-corrected chi connectivity index (χ0v) is 18.8. The normalized spacial score (nSPS) is 12.2. The van der Waals surface area contributed by atoms with Crippen LogP contribution in [-0.4, -0.2) is 23.9 Å². The monoisotopic (exact) mass is 423 g/mol. The van der Waals surface area contributed by atoms with E-state index >= 15 is 0 Å². The van der Waals surface area contributed by atoms with Crippen LogP contribution in [0.2, 0.25) is 0 Å². The summed E-state index contributed by atoms with van der Waals surface area (Å²) in [6.45, 7) is 2.24. The molecule has 0 saturated heterocycles. The van der Waals surface area contributed by atoms with Crippen LogP contribution in [0.5, 0.6) is 0 Å². The van der Waals surface area contributed by atoms with E-state index in [1.807, 2.05) is 0 Å². The summed E-state index contributed by atoms with van der Waals surface area (Å²) < 4.78 is 0. The molecule has 174 valence electrons. The van der Waals surface area contributed by atoms with E-state index in [-0.39, 0.29) is 31.6 Å². The van der Waals surface area contributed by atoms with Gasteiger partial charge in [-0.05, 0) is 51.4 Å². The molecule has 0 radical (unpaired) electrons. The number of allylic oxidation sites excluding steroid dienone is 2. The number of carboxylic acids is 2. The number of carboxylic acid groups (broad SMARTS) is 2. The van der Waals surface area contributed by atoms with E-state index in [9.17, 15) is 24.6 Å². The fraction of sp³-hybridized carbons (Fsp3) is 0.792. The van der Waals surface area contributed by atoms with Gasteiger partial charge in [0.15, 0.2) is 0 Å². The highest BCUT2D eigenvalue weighted by Gasteiger charge is 2.13. The van der Waals surface area contributed by atoms with Gasteiger partial charge in [0.05, 0.1) is 12.0 Å². The van der Waals surface area contributed by atoms with Crippen LogP contribution in [0, 0.1) is 0 Å². The third-order valence-electron chi connectivity index (χ3n) is 5.16. The summed E-state index contributed by atoms with van der Waals surface area (Å²) in [5.41, 5.74) is 0. The third kappa shape index (κ3) is 19.5. The van der Waals surface area contributed by atoms with Crippen molar-refractivity contribution in [1.82, 2.24) is 5.32 Å². The Balaban J connectivity index is 3.57. The van der Waals surface area contributed by atoms with Gasteiger partial charge in [-0.15, -0.1) is 0 Å². The SMILES string of the molecule is CCCCCCCCC=CCCCCCCCC(=O)NC(CCCC(=O)[O-])C(=O)[O-]. The minimum atomic E-state index is -1.38. The minimum Gasteiger partial charge on any atom is -0.550 e. The van der Waals surface area contributed by atoms with E-state index in [1.54, 1.807) is 0 Å². The summed E-state index contributed by atoms with van der Waals surface area (Å²) in [6.07, 6.45) is 20.1. The summed E-state index contributed by atoms with van der Waals surface area (Å²) in [5, 5.41) is 23.8. The predicted octanol–water partition coefficient (Wildman–Crippen LogP) is 3.18. The molecule has 1 amide bonds. The van der Waals surface area contributed by atoms with Crippen molar-refractivity contribution in [2.45, 2.75) is 122 Å². The first-order valence-corrected chi connectivity index (χ1v) is 11.8. The van der Waals surface area contributed by atoms with Crippen LogP contribution in [0.25, 0.3) is 0 Å². The zero-order chi connectivity index (χ0) is 22.5. The van der Waals surface area contributed by atoms with Gasteiger partial charge in [-0.2, -0.15) is 0 Å². The largest absolute Gasteiger partial charge is 0.550 e. The molecule has 0 rings (SSSR count). The van der Waals surface area contributed by atoms with Crippen LogP contribution in [0.3, 0.4) is 0 Å². The van der Waals surface area contributed by atoms with Gasteiger partial charge in [-0.25, -0.2) is 0 Å². The van der Waals surface area contributed by atoms with E-state index in [1.165, 1.54) is 44.9 Å². The van der Waals surface area contributed by atoms with Crippen LogP contribution in [0.4, 0.5) is 0 Å². The number of hydrogen-bond acceptors (Lipinski definition) is 5. The molecule has 0 aromatic heterocycles. The first-order valence-electron chi connectivity index (χ1n) is 11.8. The first kappa shape index (κ1) is 28.1. The van der Waals surface area contributed by atoms with Crippen LogP contribution < -0.4 is 15.5 Å². The second-order valence-corrected chi connectivity index (χ2v) is 8.04. The van der Waals surface area contributed by atoms with Crippen molar-refractivity contribution >= 4 is 17.8 Å². The molecule has 0 aliphatic heterocycles. The Morgan fingerprint density at radius 3 is 1.80 bits per heavy atom. The fourth-order valence-electron chi connectivity index (χ4n) is 3.32. The molecule has 0 spiro atoms. The van der Waals surface area contributed by atoms with Gasteiger partial charge in [0.25, 0.3) is 0 Å². The average Bonchev–Trinajstić information content (AvgIpc) is 2.69. The minimum absolute atomic E-state index is 0.0361. The fourth-order valence-corrected chi connectivity index (χ4v) is 3.32. The van der Waals surface area contributed by atoms with Crippen LogP contribution in [0.1, 0.15) is 116 Å². The Morgan fingerprint density at radius 2 is 1.27 bits per heavy atom. The molecule has 0 aliphatic rings. The third-order valence-corrected chi connectivity index (χ3v) is 5.16. The molecule has 0 bridgehead atoms. The lowest BCUT2D eigenvalue weighted by molar-refractivity contribution is -0.310. The number of amides is 1. The standard InChI is InChI=1S/C24H43NO5/c1-2-3-4-5-6-7-8-9-10-11-12-13-14-15-16-19-22(26)25-21(24(29)30)18-17-20-23(27)28/h9-10,21H,2-8,11-20H2,1H3,(H,25,26)(H,27,28)(H,29,30)/p-2. The molecule has 6 heteroatoms. The Bertz CT molecular complexity index is 490. The molecular weight excluding hydrogens is 382 g/mol. The van der Waals surface area contributed by atoms with Crippen molar-refractivity contribution in [2.75, 3.05) is 0 Å². The zero-order valence-electron chi connectivity index (χ0n) is 18.8. The molecule has 0 aromatic rings. The molecule has 0 aliphatic carbocycles. The average molecular weight is 424 g/mol. The summed E-state index contributed by atoms with van der Waals surface area (Å²) in [7, 11) is 0. The molecule has 6 nitrogen and oxygen atoms in total.